The third-order valence-corrected chi connectivity index (χ3v) is 5.38. The number of rotatable bonds is 7. The second kappa shape index (κ2) is 7.53. The van der Waals surface area contributed by atoms with Crippen LogP contribution < -0.4 is 10.0 Å². The first kappa shape index (κ1) is 16.7. The fourth-order valence-electron chi connectivity index (χ4n) is 2.79. The third-order valence-electron chi connectivity index (χ3n) is 3.92. The van der Waals surface area contributed by atoms with Crippen molar-refractivity contribution in [2.24, 2.45) is 0 Å². The van der Waals surface area contributed by atoms with E-state index >= 15 is 0 Å². The predicted molar refractivity (Wildman–Crippen MR) is 77.2 cm³/mol. The van der Waals surface area contributed by atoms with E-state index in [0.29, 0.717) is 12.5 Å². The van der Waals surface area contributed by atoms with Crippen molar-refractivity contribution in [1.82, 2.24) is 10.0 Å². The van der Waals surface area contributed by atoms with Crippen LogP contribution in [-0.4, -0.2) is 56.6 Å². The Morgan fingerprint density at radius 1 is 1.24 bits per heavy atom. The molecule has 8 heteroatoms. The molecule has 7 nitrogen and oxygen atoms in total. The maximum atomic E-state index is 11.9. The van der Waals surface area contributed by atoms with Gasteiger partial charge in [0.15, 0.2) is 0 Å². The summed E-state index contributed by atoms with van der Waals surface area (Å²) in [5.41, 5.74) is 0. The number of aliphatic hydroxyl groups excluding tert-OH is 1. The van der Waals surface area contributed by atoms with E-state index in [2.05, 4.69) is 10.0 Å². The van der Waals surface area contributed by atoms with Crippen LogP contribution in [0.5, 0.6) is 0 Å². The number of hydrogen-bond acceptors (Lipinski definition) is 6. The standard InChI is InChI=1S/C13H24N2O5S/c16-11(8-14-10-4-2-1-3-5-10)9-21(18,19)15-12-6-7-20-13(12)17/h10-12,14-16H,1-9H2. The molecular formula is C13H24N2O5S. The highest BCUT2D eigenvalue weighted by Gasteiger charge is 2.31. The number of hydrogen-bond donors (Lipinski definition) is 3. The summed E-state index contributed by atoms with van der Waals surface area (Å²) in [6, 6.07) is -0.442. The van der Waals surface area contributed by atoms with Crippen LogP contribution >= 0.6 is 0 Å². The summed E-state index contributed by atoms with van der Waals surface area (Å²) in [6.45, 7) is 0.485. The van der Waals surface area contributed by atoms with E-state index in [1.54, 1.807) is 0 Å². The van der Waals surface area contributed by atoms with E-state index in [-0.39, 0.29) is 13.2 Å². The van der Waals surface area contributed by atoms with Crippen LogP contribution in [0.1, 0.15) is 38.5 Å². The number of sulfonamides is 1. The SMILES string of the molecule is O=C1OCCC1NS(=O)(=O)CC(O)CNC1CCCCC1. The minimum Gasteiger partial charge on any atom is -0.464 e. The van der Waals surface area contributed by atoms with Gasteiger partial charge in [0, 0.05) is 19.0 Å². The highest BCUT2D eigenvalue weighted by Crippen LogP contribution is 2.17. The quantitative estimate of drug-likeness (QED) is 0.547. The molecule has 0 aromatic carbocycles. The van der Waals surface area contributed by atoms with Crippen LogP contribution in [-0.2, 0) is 19.6 Å². The monoisotopic (exact) mass is 320 g/mol. The van der Waals surface area contributed by atoms with Gasteiger partial charge in [0.25, 0.3) is 0 Å². The Hall–Kier alpha value is -0.700. The average molecular weight is 320 g/mol. The van der Waals surface area contributed by atoms with Gasteiger partial charge in [-0.3, -0.25) is 4.79 Å². The van der Waals surface area contributed by atoms with Gasteiger partial charge in [-0.2, -0.15) is 0 Å². The van der Waals surface area contributed by atoms with Crippen molar-refractivity contribution in [3.8, 4) is 0 Å². The van der Waals surface area contributed by atoms with E-state index in [1.807, 2.05) is 0 Å². The first-order valence-corrected chi connectivity index (χ1v) is 9.19. The lowest BCUT2D eigenvalue weighted by molar-refractivity contribution is -0.139. The summed E-state index contributed by atoms with van der Waals surface area (Å²) >= 11 is 0. The predicted octanol–water partition coefficient (Wildman–Crippen LogP) is -0.495. The zero-order chi connectivity index (χ0) is 15.3. The van der Waals surface area contributed by atoms with Gasteiger partial charge >= 0.3 is 5.97 Å². The van der Waals surface area contributed by atoms with Gasteiger partial charge in [0.1, 0.15) is 6.04 Å². The van der Waals surface area contributed by atoms with E-state index in [4.69, 9.17) is 4.74 Å². The van der Waals surface area contributed by atoms with E-state index in [1.165, 1.54) is 19.3 Å². The lowest BCUT2D eigenvalue weighted by Gasteiger charge is -2.24. The molecule has 0 amide bonds. The van der Waals surface area contributed by atoms with E-state index < -0.39 is 33.9 Å². The van der Waals surface area contributed by atoms with Crippen LogP contribution in [0.2, 0.25) is 0 Å². The first-order chi connectivity index (χ1) is 9.96. The van der Waals surface area contributed by atoms with Crippen LogP contribution in [0.4, 0.5) is 0 Å². The lowest BCUT2D eigenvalue weighted by atomic mass is 9.95. The van der Waals surface area contributed by atoms with Gasteiger partial charge in [-0.25, -0.2) is 13.1 Å². The number of cyclic esters (lactones) is 1. The van der Waals surface area contributed by atoms with Gasteiger partial charge in [0.2, 0.25) is 10.0 Å². The van der Waals surface area contributed by atoms with Gasteiger partial charge < -0.3 is 15.2 Å². The Labute approximate surface area is 125 Å². The Morgan fingerprint density at radius 2 is 1.95 bits per heavy atom. The van der Waals surface area contributed by atoms with Crippen LogP contribution in [0.15, 0.2) is 0 Å². The molecule has 1 aliphatic heterocycles. The molecule has 2 fully saturated rings. The highest BCUT2D eigenvalue weighted by atomic mass is 32.2. The number of nitrogens with one attached hydrogen (secondary N) is 2. The zero-order valence-electron chi connectivity index (χ0n) is 12.1. The molecule has 2 atom stereocenters. The Morgan fingerprint density at radius 3 is 2.57 bits per heavy atom. The maximum Gasteiger partial charge on any atom is 0.324 e. The molecule has 3 N–H and O–H groups in total. The Kier molecular flexibility index (Phi) is 5.98. The fourth-order valence-corrected chi connectivity index (χ4v) is 4.16. The minimum atomic E-state index is -3.69. The summed E-state index contributed by atoms with van der Waals surface area (Å²) in [5, 5.41) is 13.1. The number of ether oxygens (including phenoxy) is 1. The molecule has 1 aliphatic carbocycles. The first-order valence-electron chi connectivity index (χ1n) is 7.54. The molecule has 1 heterocycles. The molecule has 0 spiro atoms. The maximum absolute atomic E-state index is 11.9. The lowest BCUT2D eigenvalue weighted by Crippen LogP contribution is -2.44. The molecule has 0 aromatic rings. The highest BCUT2D eigenvalue weighted by molar-refractivity contribution is 7.89. The van der Waals surface area contributed by atoms with Crippen molar-refractivity contribution < 1.29 is 23.1 Å². The van der Waals surface area contributed by atoms with Gasteiger partial charge in [0.05, 0.1) is 18.5 Å². The second-order valence-corrected chi connectivity index (χ2v) is 7.60. The summed E-state index contributed by atoms with van der Waals surface area (Å²) < 4.78 is 30.8. The summed E-state index contributed by atoms with van der Waals surface area (Å²) in [7, 11) is -3.69. The molecule has 2 aliphatic rings. The number of aliphatic hydroxyl groups is 1. The van der Waals surface area contributed by atoms with Crippen molar-refractivity contribution in [2.45, 2.75) is 56.7 Å². The summed E-state index contributed by atoms with van der Waals surface area (Å²) in [6.07, 6.45) is 5.11. The molecule has 2 unspecified atom stereocenters. The fraction of sp³-hybridized carbons (Fsp3) is 0.923. The molecule has 122 valence electrons. The Balaban J connectivity index is 1.72. The van der Waals surface area contributed by atoms with Crippen molar-refractivity contribution in [3.05, 3.63) is 0 Å². The normalized spacial score (nSPS) is 25.8. The molecule has 2 rings (SSSR count). The summed E-state index contributed by atoms with van der Waals surface area (Å²) in [5.74, 6) is -0.954. The van der Waals surface area contributed by atoms with Crippen molar-refractivity contribution in [2.75, 3.05) is 18.9 Å². The molecule has 1 saturated carbocycles. The van der Waals surface area contributed by atoms with E-state index in [0.717, 1.165) is 12.8 Å². The van der Waals surface area contributed by atoms with Crippen LogP contribution in [0.25, 0.3) is 0 Å². The molecule has 0 radical (unpaired) electrons. The van der Waals surface area contributed by atoms with Gasteiger partial charge in [-0.15, -0.1) is 0 Å². The zero-order valence-corrected chi connectivity index (χ0v) is 12.9. The second-order valence-electron chi connectivity index (χ2n) is 5.81. The minimum absolute atomic E-state index is 0.234. The topological polar surface area (TPSA) is 105 Å². The molecule has 0 bridgehead atoms. The third kappa shape index (κ3) is 5.54. The van der Waals surface area contributed by atoms with Crippen molar-refractivity contribution in [3.63, 3.8) is 0 Å². The number of esters is 1. The van der Waals surface area contributed by atoms with Crippen molar-refractivity contribution >= 4 is 16.0 Å². The Bertz CT molecular complexity index is 447. The molecule has 21 heavy (non-hydrogen) atoms. The van der Waals surface area contributed by atoms with Crippen molar-refractivity contribution in [1.29, 1.82) is 0 Å². The van der Waals surface area contributed by atoms with Gasteiger partial charge in [-0.1, -0.05) is 19.3 Å². The average Bonchev–Trinajstić information content (AvgIpc) is 2.82. The van der Waals surface area contributed by atoms with Crippen LogP contribution in [0, 0.1) is 0 Å². The molecular weight excluding hydrogens is 296 g/mol. The smallest absolute Gasteiger partial charge is 0.324 e. The summed E-state index contributed by atoms with van der Waals surface area (Å²) in [4.78, 5) is 11.2. The van der Waals surface area contributed by atoms with E-state index in [9.17, 15) is 18.3 Å². The number of carbonyl (C=O) groups is 1. The number of carbonyl (C=O) groups excluding carboxylic acids is 1. The van der Waals surface area contributed by atoms with Crippen LogP contribution in [0.3, 0.4) is 0 Å². The largest absolute Gasteiger partial charge is 0.464 e. The van der Waals surface area contributed by atoms with Gasteiger partial charge in [-0.05, 0) is 12.8 Å². The molecule has 0 aromatic heterocycles. The molecule has 1 saturated heterocycles.